The van der Waals surface area contributed by atoms with E-state index in [9.17, 15) is 5.11 Å². The lowest BCUT2D eigenvalue weighted by Gasteiger charge is -2.22. The average molecular weight is 224 g/mol. The van der Waals surface area contributed by atoms with Gasteiger partial charge in [0.15, 0.2) is 0 Å². The van der Waals surface area contributed by atoms with Crippen molar-refractivity contribution < 1.29 is 5.11 Å². The summed E-state index contributed by atoms with van der Waals surface area (Å²) < 4.78 is 0. The zero-order valence-corrected chi connectivity index (χ0v) is 11.6. The van der Waals surface area contributed by atoms with Crippen LogP contribution in [0.4, 0.5) is 0 Å². The predicted molar refractivity (Wildman–Crippen MR) is 74.6 cm³/mol. The fourth-order valence-corrected chi connectivity index (χ4v) is 1.62. The van der Waals surface area contributed by atoms with E-state index in [1.54, 1.807) is 0 Å². The highest BCUT2D eigenvalue weighted by atomic mass is 16.3. The van der Waals surface area contributed by atoms with Gasteiger partial charge in [-0.15, -0.1) is 0 Å². The molecule has 1 heteroatoms. The normalized spacial score (nSPS) is 18.8. The predicted octanol–water partition coefficient (Wildman–Crippen LogP) is 4.64. The van der Waals surface area contributed by atoms with Crippen molar-refractivity contribution in [3.63, 3.8) is 0 Å². The largest absolute Gasteiger partial charge is 0.393 e. The third-order valence-corrected chi connectivity index (χ3v) is 2.34. The van der Waals surface area contributed by atoms with E-state index in [0.29, 0.717) is 0 Å². The highest BCUT2D eigenvalue weighted by Gasteiger charge is 2.17. The van der Waals surface area contributed by atoms with Crippen LogP contribution in [0.2, 0.25) is 0 Å². The van der Waals surface area contributed by atoms with Crippen LogP contribution in [0.25, 0.3) is 0 Å². The van der Waals surface area contributed by atoms with Crippen LogP contribution in [0.15, 0.2) is 36.0 Å². The zero-order chi connectivity index (χ0) is 13.1. The number of hydrogen-bond acceptors (Lipinski definition) is 1. The Labute approximate surface area is 102 Å². The molecule has 1 rings (SSSR count). The number of aliphatic hydroxyl groups is 1. The van der Waals surface area contributed by atoms with E-state index in [-0.39, 0.29) is 6.10 Å². The molecule has 0 fully saturated rings. The Morgan fingerprint density at radius 2 is 1.81 bits per heavy atom. The minimum absolute atomic E-state index is 0.180. The summed E-state index contributed by atoms with van der Waals surface area (Å²) in [4.78, 5) is 0. The van der Waals surface area contributed by atoms with Gasteiger partial charge in [-0.25, -0.2) is 0 Å². The molecule has 0 amide bonds. The van der Waals surface area contributed by atoms with E-state index in [2.05, 4.69) is 13.2 Å². The van der Waals surface area contributed by atoms with E-state index in [0.717, 1.165) is 24.8 Å². The van der Waals surface area contributed by atoms with Crippen LogP contribution in [-0.2, 0) is 0 Å². The summed E-state index contributed by atoms with van der Waals surface area (Å²) >= 11 is 0. The smallest absolute Gasteiger partial charge is 0.0583 e. The highest BCUT2D eigenvalue weighted by molar-refractivity contribution is 5.39. The number of aliphatic hydroxyl groups excluding tert-OH is 1. The van der Waals surface area contributed by atoms with Gasteiger partial charge in [0, 0.05) is 0 Å². The van der Waals surface area contributed by atoms with Crippen LogP contribution in [-0.4, -0.2) is 11.2 Å². The Balaban J connectivity index is 0. The van der Waals surface area contributed by atoms with Crippen LogP contribution in [0.1, 0.15) is 53.9 Å². The molecule has 0 saturated heterocycles. The van der Waals surface area contributed by atoms with E-state index in [1.807, 2.05) is 40.7 Å². The van der Waals surface area contributed by atoms with Gasteiger partial charge in [0.2, 0.25) is 0 Å². The van der Waals surface area contributed by atoms with Crippen molar-refractivity contribution >= 4 is 0 Å². The number of rotatable bonds is 2. The molecule has 0 radical (unpaired) electrons. The molecule has 1 unspecified atom stereocenters. The molecule has 1 aliphatic carbocycles. The van der Waals surface area contributed by atoms with Gasteiger partial charge in [-0.05, 0) is 37.3 Å². The fourth-order valence-electron chi connectivity index (χ4n) is 1.62. The summed E-state index contributed by atoms with van der Waals surface area (Å²) in [6.45, 7) is 17.6. The van der Waals surface area contributed by atoms with Crippen LogP contribution in [0.5, 0.6) is 0 Å². The molecule has 0 heterocycles. The first-order chi connectivity index (χ1) is 7.65. The highest BCUT2D eigenvalue weighted by Crippen LogP contribution is 2.29. The lowest BCUT2D eigenvalue weighted by Crippen LogP contribution is -2.14. The minimum Gasteiger partial charge on any atom is -0.393 e. The monoisotopic (exact) mass is 224 g/mol. The summed E-state index contributed by atoms with van der Waals surface area (Å²) in [6.07, 6.45) is 4.25. The quantitative estimate of drug-likeness (QED) is 0.724. The molecule has 0 bridgehead atoms. The third-order valence-electron chi connectivity index (χ3n) is 2.34. The first-order valence-corrected chi connectivity index (χ1v) is 6.33. The Bertz CT molecular complexity index is 236. The summed E-state index contributed by atoms with van der Waals surface area (Å²) in [5.41, 5.74) is 3.51. The number of hydrogen-bond donors (Lipinski definition) is 1. The van der Waals surface area contributed by atoms with Gasteiger partial charge in [0.05, 0.1) is 6.10 Å². The maximum absolute atomic E-state index is 9.43. The molecular weight excluding hydrogens is 196 g/mol. The lowest BCUT2D eigenvalue weighted by atomic mass is 9.86. The van der Waals surface area contributed by atoms with E-state index in [1.165, 1.54) is 11.1 Å². The van der Waals surface area contributed by atoms with E-state index in [4.69, 9.17) is 0 Å². The summed E-state index contributed by atoms with van der Waals surface area (Å²) in [7, 11) is 0. The van der Waals surface area contributed by atoms with Crippen molar-refractivity contribution in [2.24, 2.45) is 0 Å². The lowest BCUT2D eigenvalue weighted by molar-refractivity contribution is 0.160. The van der Waals surface area contributed by atoms with Crippen molar-refractivity contribution in [1.29, 1.82) is 0 Å². The molecule has 0 aromatic rings. The van der Waals surface area contributed by atoms with Gasteiger partial charge in [-0.1, -0.05) is 52.5 Å². The Hall–Kier alpha value is -0.820. The van der Waals surface area contributed by atoms with Crippen molar-refractivity contribution in [2.45, 2.75) is 60.0 Å². The standard InChI is InChI=1S/C11H16O.2C2H6/c1-4-9-5-6-10(12)7-11(9)8(2)3;2*1-2/h4,10,12H,1-2,5-7H2,3H3;2*1-2H3. The number of allylic oxidation sites excluding steroid dienone is 3. The first kappa shape index (κ1) is 17.6. The first-order valence-electron chi connectivity index (χ1n) is 6.33. The van der Waals surface area contributed by atoms with Gasteiger partial charge in [0.1, 0.15) is 0 Å². The van der Waals surface area contributed by atoms with Gasteiger partial charge in [0.25, 0.3) is 0 Å². The van der Waals surface area contributed by atoms with Crippen molar-refractivity contribution in [3.8, 4) is 0 Å². The van der Waals surface area contributed by atoms with Crippen LogP contribution in [0, 0.1) is 0 Å². The average Bonchev–Trinajstić information content (AvgIpc) is 2.34. The van der Waals surface area contributed by atoms with Crippen LogP contribution >= 0.6 is 0 Å². The van der Waals surface area contributed by atoms with Crippen LogP contribution < -0.4 is 0 Å². The molecule has 94 valence electrons. The third kappa shape index (κ3) is 5.92. The second-order valence-electron chi connectivity index (χ2n) is 3.38. The molecular formula is C15H28O. The second kappa shape index (κ2) is 10.7. The maximum Gasteiger partial charge on any atom is 0.0583 e. The Morgan fingerprint density at radius 3 is 2.19 bits per heavy atom. The molecule has 1 atom stereocenters. The molecule has 1 nitrogen and oxygen atoms in total. The van der Waals surface area contributed by atoms with Gasteiger partial charge >= 0.3 is 0 Å². The molecule has 0 aromatic heterocycles. The SMILES string of the molecule is C=CC1=C(C(=C)C)CC(O)CC1.CC.CC. The second-order valence-corrected chi connectivity index (χ2v) is 3.38. The molecule has 16 heavy (non-hydrogen) atoms. The fraction of sp³-hybridized carbons (Fsp3) is 0.600. The van der Waals surface area contributed by atoms with Gasteiger partial charge in [-0.2, -0.15) is 0 Å². The van der Waals surface area contributed by atoms with E-state index < -0.39 is 0 Å². The van der Waals surface area contributed by atoms with E-state index >= 15 is 0 Å². The summed E-state index contributed by atoms with van der Waals surface area (Å²) in [5.74, 6) is 0. The summed E-state index contributed by atoms with van der Waals surface area (Å²) in [5, 5.41) is 9.43. The molecule has 0 aromatic carbocycles. The Kier molecular flexibility index (Phi) is 11.7. The van der Waals surface area contributed by atoms with Crippen molar-refractivity contribution in [1.82, 2.24) is 0 Å². The molecule has 0 aliphatic heterocycles. The van der Waals surface area contributed by atoms with Crippen LogP contribution in [0.3, 0.4) is 0 Å². The Morgan fingerprint density at radius 1 is 1.31 bits per heavy atom. The topological polar surface area (TPSA) is 20.2 Å². The summed E-state index contributed by atoms with van der Waals surface area (Å²) in [6, 6.07) is 0. The van der Waals surface area contributed by atoms with Crippen molar-refractivity contribution in [2.75, 3.05) is 0 Å². The molecule has 1 N–H and O–H groups in total. The van der Waals surface area contributed by atoms with Gasteiger partial charge in [-0.3, -0.25) is 0 Å². The zero-order valence-electron chi connectivity index (χ0n) is 11.6. The maximum atomic E-state index is 9.43. The molecule has 1 aliphatic rings. The van der Waals surface area contributed by atoms with Crippen molar-refractivity contribution in [3.05, 3.63) is 36.0 Å². The molecule has 0 spiro atoms. The molecule has 0 saturated carbocycles. The van der Waals surface area contributed by atoms with Gasteiger partial charge < -0.3 is 5.11 Å². The minimum atomic E-state index is -0.180.